The van der Waals surface area contributed by atoms with Gasteiger partial charge in [0.05, 0.1) is 0 Å². The van der Waals surface area contributed by atoms with Gasteiger partial charge in [-0.2, -0.15) is 11.8 Å². The second kappa shape index (κ2) is 11.7. The molecule has 0 saturated carbocycles. The lowest BCUT2D eigenvalue weighted by Crippen LogP contribution is -2.49. The molecule has 0 fully saturated rings. The van der Waals surface area contributed by atoms with E-state index in [2.05, 4.69) is 17.4 Å². The molecular weight excluding hydrogens is 380 g/mol. The zero-order chi connectivity index (χ0) is 21.2. The van der Waals surface area contributed by atoms with Crippen molar-refractivity contribution in [1.82, 2.24) is 10.2 Å². The molecule has 156 valence electrons. The van der Waals surface area contributed by atoms with E-state index in [1.54, 1.807) is 23.6 Å². The van der Waals surface area contributed by atoms with Gasteiger partial charge >= 0.3 is 0 Å². The lowest BCUT2D eigenvalue weighted by Gasteiger charge is -2.29. The third-order valence-electron chi connectivity index (χ3n) is 4.64. The van der Waals surface area contributed by atoms with Gasteiger partial charge in [0.25, 0.3) is 0 Å². The van der Waals surface area contributed by atoms with Crippen LogP contribution in [0.5, 0.6) is 0 Å². The minimum absolute atomic E-state index is 0.0116. The Hall–Kier alpha value is -2.27. The molecule has 2 amide bonds. The Morgan fingerprint density at radius 1 is 0.966 bits per heavy atom. The van der Waals surface area contributed by atoms with Crippen LogP contribution in [-0.2, 0) is 21.9 Å². The number of aryl methyl sites for hydroxylation is 1. The van der Waals surface area contributed by atoms with E-state index in [0.29, 0.717) is 13.0 Å². The van der Waals surface area contributed by atoms with Gasteiger partial charge in [-0.3, -0.25) is 9.59 Å². The van der Waals surface area contributed by atoms with Crippen molar-refractivity contribution in [3.05, 3.63) is 71.3 Å². The normalized spacial score (nSPS) is 11.9. The van der Waals surface area contributed by atoms with Crippen LogP contribution < -0.4 is 5.32 Å². The van der Waals surface area contributed by atoms with Crippen LogP contribution in [0, 0.1) is 6.92 Å². The van der Waals surface area contributed by atoms with Crippen molar-refractivity contribution in [1.29, 1.82) is 0 Å². The third kappa shape index (κ3) is 7.94. The Bertz CT molecular complexity index is 775. The maximum Gasteiger partial charge on any atom is 0.242 e. The van der Waals surface area contributed by atoms with Gasteiger partial charge in [-0.15, -0.1) is 0 Å². The quantitative estimate of drug-likeness (QED) is 0.582. The molecule has 0 aliphatic heterocycles. The highest BCUT2D eigenvalue weighted by molar-refractivity contribution is 7.98. The summed E-state index contributed by atoms with van der Waals surface area (Å²) in [6, 6.07) is 17.9. The molecule has 0 spiro atoms. The van der Waals surface area contributed by atoms with Gasteiger partial charge in [-0.05, 0) is 38.8 Å². The van der Waals surface area contributed by atoms with Crippen molar-refractivity contribution in [2.24, 2.45) is 0 Å². The van der Waals surface area contributed by atoms with E-state index in [1.807, 2.05) is 63.2 Å². The molecule has 0 heterocycles. The van der Waals surface area contributed by atoms with Crippen molar-refractivity contribution in [2.75, 3.05) is 5.75 Å². The molecule has 1 N–H and O–H groups in total. The Morgan fingerprint density at radius 3 is 2.24 bits per heavy atom. The molecule has 0 saturated heterocycles. The summed E-state index contributed by atoms with van der Waals surface area (Å²) in [7, 11) is 0. The van der Waals surface area contributed by atoms with Gasteiger partial charge in [0.15, 0.2) is 0 Å². The zero-order valence-corrected chi connectivity index (χ0v) is 18.7. The van der Waals surface area contributed by atoms with Crippen LogP contribution in [0.2, 0.25) is 0 Å². The Balaban J connectivity index is 1.99. The third-order valence-corrected chi connectivity index (χ3v) is 5.67. The number of rotatable bonds is 10. The van der Waals surface area contributed by atoms with Crippen LogP contribution in [0.25, 0.3) is 0 Å². The van der Waals surface area contributed by atoms with Gasteiger partial charge in [-0.25, -0.2) is 0 Å². The number of nitrogens with one attached hydrogen (secondary N) is 1. The van der Waals surface area contributed by atoms with E-state index in [-0.39, 0.29) is 17.9 Å². The number of benzene rings is 2. The van der Waals surface area contributed by atoms with E-state index in [4.69, 9.17) is 0 Å². The van der Waals surface area contributed by atoms with Crippen molar-refractivity contribution in [3.8, 4) is 0 Å². The molecule has 2 aromatic carbocycles. The SMILES string of the molecule is Cc1ccc(CN(C(=O)CCSCc2ccccc2)[C@@H](C)C(=O)NC(C)C)cc1. The summed E-state index contributed by atoms with van der Waals surface area (Å²) >= 11 is 1.74. The number of thioether (sulfide) groups is 1. The van der Waals surface area contributed by atoms with Crippen LogP contribution in [0.4, 0.5) is 0 Å². The molecule has 29 heavy (non-hydrogen) atoms. The van der Waals surface area contributed by atoms with E-state index in [9.17, 15) is 9.59 Å². The summed E-state index contributed by atoms with van der Waals surface area (Å²) in [6.07, 6.45) is 0.419. The van der Waals surface area contributed by atoms with Gasteiger partial charge in [0.1, 0.15) is 6.04 Å². The summed E-state index contributed by atoms with van der Waals surface area (Å²) < 4.78 is 0. The summed E-state index contributed by atoms with van der Waals surface area (Å²) in [5.41, 5.74) is 3.46. The van der Waals surface area contributed by atoms with Gasteiger partial charge in [0, 0.05) is 30.5 Å². The average molecular weight is 413 g/mol. The minimum atomic E-state index is -0.509. The lowest BCUT2D eigenvalue weighted by molar-refractivity contribution is -0.140. The van der Waals surface area contributed by atoms with E-state index < -0.39 is 6.04 Å². The number of amides is 2. The number of hydrogen-bond acceptors (Lipinski definition) is 3. The average Bonchev–Trinajstić information content (AvgIpc) is 2.70. The molecule has 0 aliphatic carbocycles. The predicted octanol–water partition coefficient (Wildman–Crippen LogP) is 4.56. The van der Waals surface area contributed by atoms with Crippen molar-refractivity contribution < 1.29 is 9.59 Å². The number of carbonyl (C=O) groups excluding carboxylic acids is 2. The number of nitrogens with zero attached hydrogens (tertiary/aromatic N) is 1. The lowest BCUT2D eigenvalue weighted by atomic mass is 10.1. The first-order chi connectivity index (χ1) is 13.9. The fraction of sp³-hybridized carbons (Fsp3) is 0.417. The first kappa shape index (κ1) is 23.0. The van der Waals surface area contributed by atoms with Crippen molar-refractivity contribution in [2.45, 2.75) is 58.5 Å². The van der Waals surface area contributed by atoms with Gasteiger partial charge in [0.2, 0.25) is 11.8 Å². The summed E-state index contributed by atoms with van der Waals surface area (Å²) in [6.45, 7) is 8.14. The highest BCUT2D eigenvalue weighted by Gasteiger charge is 2.26. The molecule has 0 radical (unpaired) electrons. The summed E-state index contributed by atoms with van der Waals surface area (Å²) in [5, 5.41) is 2.92. The second-order valence-electron chi connectivity index (χ2n) is 7.63. The van der Waals surface area contributed by atoms with E-state index in [0.717, 1.165) is 17.1 Å². The highest BCUT2D eigenvalue weighted by Crippen LogP contribution is 2.16. The Kier molecular flexibility index (Phi) is 9.26. The molecule has 1 atom stereocenters. The van der Waals surface area contributed by atoms with Crippen molar-refractivity contribution >= 4 is 23.6 Å². The zero-order valence-electron chi connectivity index (χ0n) is 17.9. The molecule has 2 rings (SSSR count). The van der Waals surface area contributed by atoms with Crippen LogP contribution in [0.3, 0.4) is 0 Å². The smallest absolute Gasteiger partial charge is 0.242 e. The topological polar surface area (TPSA) is 49.4 Å². The van der Waals surface area contributed by atoms with E-state index >= 15 is 0 Å². The minimum Gasteiger partial charge on any atom is -0.352 e. The second-order valence-corrected chi connectivity index (χ2v) is 8.74. The van der Waals surface area contributed by atoms with Crippen LogP contribution in [0.1, 0.15) is 43.9 Å². The van der Waals surface area contributed by atoms with Crippen LogP contribution >= 0.6 is 11.8 Å². The van der Waals surface area contributed by atoms with Crippen LogP contribution in [0.15, 0.2) is 54.6 Å². The molecule has 5 heteroatoms. The van der Waals surface area contributed by atoms with Crippen LogP contribution in [-0.4, -0.2) is 34.6 Å². The van der Waals surface area contributed by atoms with Crippen molar-refractivity contribution in [3.63, 3.8) is 0 Å². The molecule has 0 unspecified atom stereocenters. The Labute approximate surface area is 179 Å². The first-order valence-corrected chi connectivity index (χ1v) is 11.3. The maximum atomic E-state index is 13.0. The van der Waals surface area contributed by atoms with E-state index in [1.165, 1.54) is 11.1 Å². The molecular formula is C24H32N2O2S. The van der Waals surface area contributed by atoms with Gasteiger partial charge < -0.3 is 10.2 Å². The first-order valence-electron chi connectivity index (χ1n) is 10.1. The molecule has 0 aromatic heterocycles. The summed E-state index contributed by atoms with van der Waals surface area (Å²) in [5.74, 6) is 1.52. The maximum absolute atomic E-state index is 13.0. The Morgan fingerprint density at radius 2 is 1.62 bits per heavy atom. The summed E-state index contributed by atoms with van der Waals surface area (Å²) in [4.78, 5) is 27.2. The fourth-order valence-electron chi connectivity index (χ4n) is 2.95. The largest absolute Gasteiger partial charge is 0.352 e. The standard InChI is InChI=1S/C24H32N2O2S/c1-18(2)25-24(28)20(4)26(16-21-12-10-19(3)11-13-21)23(27)14-15-29-17-22-8-6-5-7-9-22/h5-13,18,20H,14-17H2,1-4H3,(H,25,28)/t20-/m0/s1. The molecule has 2 aromatic rings. The molecule has 0 bridgehead atoms. The highest BCUT2D eigenvalue weighted by atomic mass is 32.2. The predicted molar refractivity (Wildman–Crippen MR) is 122 cm³/mol. The number of carbonyl (C=O) groups is 2. The monoisotopic (exact) mass is 412 g/mol. The van der Waals surface area contributed by atoms with Gasteiger partial charge in [-0.1, -0.05) is 60.2 Å². The number of hydrogen-bond donors (Lipinski definition) is 1. The molecule has 4 nitrogen and oxygen atoms in total. The fourth-order valence-corrected chi connectivity index (χ4v) is 3.84. The molecule has 0 aliphatic rings.